The Labute approximate surface area is 188 Å². The van der Waals surface area contributed by atoms with Gasteiger partial charge in [-0.25, -0.2) is 8.42 Å². The number of hydrogen-bond acceptors (Lipinski definition) is 5. The third-order valence-electron chi connectivity index (χ3n) is 5.95. The fraction of sp³-hybridized carbons (Fsp3) is 0.435. The summed E-state index contributed by atoms with van der Waals surface area (Å²) in [5, 5.41) is 14.2. The summed E-state index contributed by atoms with van der Waals surface area (Å²) in [5.74, 6) is -0.447. The number of carbonyl (C=O) groups excluding carboxylic acids is 1. The van der Waals surface area contributed by atoms with Gasteiger partial charge in [-0.15, -0.1) is 0 Å². The Morgan fingerprint density at radius 1 is 1.19 bits per heavy atom. The Kier molecular flexibility index (Phi) is 6.88. The number of non-ortho nitro benzene ring substituents is 1. The van der Waals surface area contributed by atoms with Crippen molar-refractivity contribution in [1.29, 1.82) is 0 Å². The predicted octanol–water partition coefficient (Wildman–Crippen LogP) is 3.81. The highest BCUT2D eigenvalue weighted by molar-refractivity contribution is 7.92. The van der Waals surface area contributed by atoms with E-state index in [0.717, 1.165) is 35.4 Å². The maximum atomic E-state index is 13.2. The number of rotatable bonds is 8. The van der Waals surface area contributed by atoms with Gasteiger partial charge in [0, 0.05) is 12.1 Å². The van der Waals surface area contributed by atoms with Gasteiger partial charge in [-0.05, 0) is 61.8 Å². The number of aryl methyl sites for hydroxylation is 3. The summed E-state index contributed by atoms with van der Waals surface area (Å²) in [6.07, 6.45) is 4.43. The van der Waals surface area contributed by atoms with Crippen LogP contribution in [0.3, 0.4) is 0 Å². The summed E-state index contributed by atoms with van der Waals surface area (Å²) in [6, 6.07) is 8.85. The Bertz CT molecular complexity index is 1150. The lowest BCUT2D eigenvalue weighted by molar-refractivity contribution is -0.384. The summed E-state index contributed by atoms with van der Waals surface area (Å²) in [7, 11) is -3.90. The first-order valence-corrected chi connectivity index (χ1v) is 12.5. The molecule has 0 saturated heterocycles. The van der Waals surface area contributed by atoms with Crippen molar-refractivity contribution in [2.45, 2.75) is 58.5 Å². The molecule has 2 aromatic carbocycles. The zero-order valence-electron chi connectivity index (χ0n) is 18.8. The lowest BCUT2D eigenvalue weighted by Gasteiger charge is -2.32. The highest BCUT2D eigenvalue weighted by Crippen LogP contribution is 2.31. The fourth-order valence-electron chi connectivity index (χ4n) is 4.24. The van der Waals surface area contributed by atoms with Crippen molar-refractivity contribution >= 4 is 27.3 Å². The molecule has 8 nitrogen and oxygen atoms in total. The van der Waals surface area contributed by atoms with Crippen LogP contribution in [0.15, 0.2) is 36.4 Å². The number of nitrogens with zero attached hydrogens (tertiary/aromatic N) is 2. The van der Waals surface area contributed by atoms with E-state index in [1.807, 2.05) is 13.0 Å². The normalized spacial score (nSPS) is 15.0. The average molecular weight is 460 g/mol. The molecule has 1 amide bonds. The van der Waals surface area contributed by atoms with Gasteiger partial charge in [-0.3, -0.25) is 19.2 Å². The van der Waals surface area contributed by atoms with E-state index in [9.17, 15) is 23.3 Å². The van der Waals surface area contributed by atoms with Crippen LogP contribution < -0.4 is 9.62 Å². The molecule has 0 bridgehead atoms. The molecule has 0 heterocycles. The van der Waals surface area contributed by atoms with Gasteiger partial charge in [0.2, 0.25) is 15.9 Å². The van der Waals surface area contributed by atoms with E-state index in [1.165, 1.54) is 29.3 Å². The van der Waals surface area contributed by atoms with Crippen LogP contribution in [0.4, 0.5) is 11.4 Å². The van der Waals surface area contributed by atoms with Crippen LogP contribution in [0.2, 0.25) is 0 Å². The predicted molar refractivity (Wildman–Crippen MR) is 124 cm³/mol. The molecule has 32 heavy (non-hydrogen) atoms. The van der Waals surface area contributed by atoms with Crippen LogP contribution in [-0.2, 0) is 27.7 Å². The molecule has 9 heteroatoms. The second-order valence-corrected chi connectivity index (χ2v) is 10.2. The van der Waals surface area contributed by atoms with Gasteiger partial charge in [0.05, 0.1) is 22.9 Å². The molecule has 2 aromatic rings. The van der Waals surface area contributed by atoms with Gasteiger partial charge in [-0.2, -0.15) is 0 Å². The highest BCUT2D eigenvalue weighted by Gasteiger charge is 2.34. The van der Waals surface area contributed by atoms with Crippen molar-refractivity contribution in [3.8, 4) is 0 Å². The smallest absolute Gasteiger partial charge is 0.271 e. The largest absolute Gasteiger partial charge is 0.348 e. The van der Waals surface area contributed by atoms with E-state index in [1.54, 1.807) is 13.8 Å². The van der Waals surface area contributed by atoms with Crippen LogP contribution >= 0.6 is 0 Å². The Balaban J connectivity index is 1.92. The molecule has 0 aromatic heterocycles. The van der Waals surface area contributed by atoms with E-state index < -0.39 is 26.9 Å². The first-order chi connectivity index (χ1) is 15.0. The summed E-state index contributed by atoms with van der Waals surface area (Å²) < 4.78 is 26.5. The molecular formula is C23H29N3O5S. The van der Waals surface area contributed by atoms with E-state index >= 15 is 0 Å². The summed E-state index contributed by atoms with van der Waals surface area (Å²) in [6.45, 7) is 5.24. The van der Waals surface area contributed by atoms with E-state index in [4.69, 9.17) is 0 Å². The van der Waals surface area contributed by atoms with Gasteiger partial charge >= 0.3 is 0 Å². The number of benzene rings is 2. The third kappa shape index (κ3) is 4.93. The number of amides is 1. The molecule has 172 valence electrons. The standard InChI is InChI=1S/C23H29N3O5S/c1-5-21(23(27)24-16(3)18-11-10-17-7-6-8-19(17)13-18)25(32(4,30)31)22-14-20(26(28)29)12-9-15(22)2/h9-14,16,21H,5-8H2,1-4H3,(H,24,27)/t16-,21-/m1/s1. The molecule has 0 unspecified atom stereocenters. The SMILES string of the molecule is CC[C@H](C(=O)N[C@H](C)c1ccc2c(c1)CCC2)N(c1cc([N+](=O)[O-])ccc1C)S(C)(=O)=O. The zero-order chi connectivity index (χ0) is 23.6. The number of anilines is 1. The second kappa shape index (κ2) is 9.28. The van der Waals surface area contributed by atoms with Crippen molar-refractivity contribution in [2.75, 3.05) is 10.6 Å². The average Bonchev–Trinajstić information content (AvgIpc) is 3.19. The molecule has 0 fully saturated rings. The number of carbonyl (C=O) groups is 1. The molecule has 1 aliphatic rings. The lowest BCUT2D eigenvalue weighted by Crippen LogP contribution is -2.50. The van der Waals surface area contributed by atoms with E-state index in [2.05, 4.69) is 17.4 Å². The highest BCUT2D eigenvalue weighted by atomic mass is 32.2. The van der Waals surface area contributed by atoms with Gasteiger partial charge in [-0.1, -0.05) is 31.2 Å². The molecule has 1 aliphatic carbocycles. The Morgan fingerprint density at radius 2 is 1.88 bits per heavy atom. The maximum Gasteiger partial charge on any atom is 0.271 e. The fourth-order valence-corrected chi connectivity index (χ4v) is 5.50. The van der Waals surface area contributed by atoms with Crippen molar-refractivity contribution < 1.29 is 18.1 Å². The van der Waals surface area contributed by atoms with Crippen molar-refractivity contribution in [1.82, 2.24) is 5.32 Å². The topological polar surface area (TPSA) is 110 Å². The van der Waals surface area contributed by atoms with Crippen LogP contribution in [0, 0.1) is 17.0 Å². The van der Waals surface area contributed by atoms with Crippen molar-refractivity contribution in [2.24, 2.45) is 0 Å². The van der Waals surface area contributed by atoms with Gasteiger partial charge in [0.1, 0.15) is 6.04 Å². The molecule has 1 N–H and O–H groups in total. The number of hydrogen-bond donors (Lipinski definition) is 1. The Hall–Kier alpha value is -2.94. The minimum absolute atomic E-state index is 0.133. The maximum absolute atomic E-state index is 13.2. The monoisotopic (exact) mass is 459 g/mol. The number of nitro groups is 1. The quantitative estimate of drug-likeness (QED) is 0.477. The number of sulfonamides is 1. The van der Waals surface area contributed by atoms with Gasteiger partial charge < -0.3 is 5.32 Å². The Morgan fingerprint density at radius 3 is 2.50 bits per heavy atom. The van der Waals surface area contributed by atoms with E-state index in [-0.39, 0.29) is 23.8 Å². The molecule has 0 aliphatic heterocycles. The molecule has 3 rings (SSSR count). The summed E-state index contributed by atoms with van der Waals surface area (Å²) >= 11 is 0. The van der Waals surface area contributed by atoms with Crippen LogP contribution in [0.1, 0.15) is 55.0 Å². The van der Waals surface area contributed by atoms with Gasteiger partial charge in [0.15, 0.2) is 0 Å². The molecule has 0 radical (unpaired) electrons. The van der Waals surface area contributed by atoms with E-state index in [0.29, 0.717) is 5.56 Å². The zero-order valence-corrected chi connectivity index (χ0v) is 19.6. The number of nitro benzene ring substituents is 1. The minimum atomic E-state index is -3.90. The first kappa shape index (κ1) is 23.7. The van der Waals surface area contributed by atoms with Gasteiger partial charge in [0.25, 0.3) is 5.69 Å². The van der Waals surface area contributed by atoms with Crippen molar-refractivity contribution in [3.63, 3.8) is 0 Å². The number of fused-ring (bicyclic) bond motifs is 1. The van der Waals surface area contributed by atoms with Crippen LogP contribution in [0.5, 0.6) is 0 Å². The molecular weight excluding hydrogens is 430 g/mol. The summed E-state index contributed by atoms with van der Waals surface area (Å²) in [5.41, 5.74) is 4.02. The first-order valence-electron chi connectivity index (χ1n) is 10.7. The lowest BCUT2D eigenvalue weighted by atomic mass is 10.0. The van der Waals surface area contributed by atoms with Crippen molar-refractivity contribution in [3.05, 3.63) is 68.8 Å². The van der Waals surface area contributed by atoms with Crippen LogP contribution in [-0.4, -0.2) is 31.5 Å². The number of nitrogens with one attached hydrogen (secondary N) is 1. The molecule has 0 saturated carbocycles. The van der Waals surface area contributed by atoms with Crippen LogP contribution in [0.25, 0.3) is 0 Å². The minimum Gasteiger partial charge on any atom is -0.348 e. The molecule has 2 atom stereocenters. The molecule has 0 spiro atoms. The third-order valence-corrected chi connectivity index (χ3v) is 7.12. The summed E-state index contributed by atoms with van der Waals surface area (Å²) in [4.78, 5) is 23.9. The second-order valence-electron chi connectivity index (χ2n) is 8.32.